The summed E-state index contributed by atoms with van der Waals surface area (Å²) < 4.78 is 11.7. The summed E-state index contributed by atoms with van der Waals surface area (Å²) in [5.74, 6) is 1.71. The average molecular weight is 511 g/mol. The quantitative estimate of drug-likeness (QED) is 0.385. The number of benzene rings is 2. The molecule has 4 fully saturated rings. The van der Waals surface area contributed by atoms with E-state index in [1.807, 2.05) is 44.2 Å². The van der Waals surface area contributed by atoms with E-state index in [0.29, 0.717) is 40.5 Å². The Morgan fingerprint density at radius 2 is 1.67 bits per heavy atom. The molecule has 0 aliphatic heterocycles. The van der Waals surface area contributed by atoms with Crippen molar-refractivity contribution >= 4 is 23.2 Å². The molecule has 6 heteroatoms. The first-order chi connectivity index (χ1) is 17.1. The van der Waals surface area contributed by atoms with Crippen molar-refractivity contribution in [3.8, 4) is 11.5 Å². The van der Waals surface area contributed by atoms with Crippen LogP contribution in [0.25, 0.3) is 0 Å². The third-order valence-corrected chi connectivity index (χ3v) is 8.74. The van der Waals surface area contributed by atoms with Crippen LogP contribution in [0.4, 0.5) is 5.69 Å². The molecule has 1 amide bonds. The normalized spacial score (nSPS) is 30.3. The van der Waals surface area contributed by atoms with Crippen LogP contribution in [0.3, 0.4) is 0 Å². The Labute approximate surface area is 220 Å². The van der Waals surface area contributed by atoms with E-state index < -0.39 is 0 Å². The van der Waals surface area contributed by atoms with E-state index in [1.54, 1.807) is 6.07 Å². The summed E-state index contributed by atoms with van der Waals surface area (Å²) in [4.78, 5) is 12.4. The Morgan fingerprint density at radius 1 is 1.00 bits per heavy atom. The monoisotopic (exact) mass is 510 g/mol. The summed E-state index contributed by atoms with van der Waals surface area (Å²) in [6.07, 6.45) is 7.89. The van der Waals surface area contributed by atoms with Gasteiger partial charge in [0.15, 0.2) is 18.1 Å². The third kappa shape index (κ3) is 5.38. The van der Waals surface area contributed by atoms with Gasteiger partial charge in [-0.15, -0.1) is 0 Å². The van der Waals surface area contributed by atoms with Crippen LogP contribution in [0.1, 0.15) is 70.4 Å². The number of nitrogens with one attached hydrogen (secondary N) is 2. The highest BCUT2D eigenvalue weighted by Gasteiger charge is 2.59. The molecule has 2 unspecified atom stereocenters. The molecule has 6 rings (SSSR count). The van der Waals surface area contributed by atoms with Gasteiger partial charge in [0.1, 0.15) is 0 Å². The SMILES string of the molecule is CCOc1cc(CNC23CC4CC(C)(CC(C)(C4)C2)C3)c(Cl)cc1OCC(=O)Nc1ccc(C)cc1. The number of hydrogen-bond acceptors (Lipinski definition) is 4. The zero-order valence-corrected chi connectivity index (χ0v) is 22.8. The van der Waals surface area contributed by atoms with Crippen LogP contribution in [-0.4, -0.2) is 24.7 Å². The minimum absolute atomic E-state index is 0.121. The lowest BCUT2D eigenvalue weighted by Crippen LogP contribution is -2.63. The van der Waals surface area contributed by atoms with Crippen LogP contribution in [0.2, 0.25) is 5.02 Å². The molecule has 2 N–H and O–H groups in total. The smallest absolute Gasteiger partial charge is 0.262 e. The van der Waals surface area contributed by atoms with Crippen LogP contribution in [0, 0.1) is 23.7 Å². The number of anilines is 1. The minimum atomic E-state index is -0.230. The Kier molecular flexibility index (Phi) is 6.76. The van der Waals surface area contributed by atoms with Crippen molar-refractivity contribution in [1.29, 1.82) is 0 Å². The standard InChI is InChI=1S/C30H39ClN2O3/c1-5-35-25-10-22(15-32-30-14-21-12-28(3,18-30)17-29(4,13-21)19-30)24(31)11-26(25)36-16-27(34)33-23-8-6-20(2)7-9-23/h6-11,21,32H,5,12-19H2,1-4H3,(H,33,34). The van der Waals surface area contributed by atoms with Gasteiger partial charge in [-0.05, 0) is 92.9 Å². The maximum atomic E-state index is 12.4. The second-order valence-electron chi connectivity index (χ2n) is 12.3. The van der Waals surface area contributed by atoms with Gasteiger partial charge in [-0.1, -0.05) is 43.1 Å². The number of carbonyl (C=O) groups excluding carboxylic acids is 1. The number of hydrogen-bond donors (Lipinski definition) is 2. The van der Waals surface area contributed by atoms with E-state index in [2.05, 4.69) is 24.5 Å². The van der Waals surface area contributed by atoms with E-state index in [1.165, 1.54) is 38.5 Å². The van der Waals surface area contributed by atoms with Crippen molar-refractivity contribution in [3.63, 3.8) is 0 Å². The molecule has 2 atom stereocenters. The van der Waals surface area contributed by atoms with Crippen LogP contribution in [-0.2, 0) is 11.3 Å². The van der Waals surface area contributed by atoms with Crippen molar-refractivity contribution in [2.75, 3.05) is 18.5 Å². The second-order valence-corrected chi connectivity index (χ2v) is 12.7. The number of ether oxygens (including phenoxy) is 2. The fraction of sp³-hybridized carbons (Fsp3) is 0.567. The molecule has 2 aromatic rings. The second kappa shape index (κ2) is 9.57. The molecule has 0 radical (unpaired) electrons. The largest absolute Gasteiger partial charge is 0.490 e. The van der Waals surface area contributed by atoms with Gasteiger partial charge < -0.3 is 20.1 Å². The summed E-state index contributed by atoms with van der Waals surface area (Å²) in [6, 6.07) is 11.4. The molecule has 4 aliphatic rings. The summed E-state index contributed by atoms with van der Waals surface area (Å²) in [5.41, 5.74) is 3.99. The van der Waals surface area contributed by atoms with E-state index in [9.17, 15) is 4.79 Å². The number of amides is 1. The molecular formula is C30H39ClN2O3. The Morgan fingerprint density at radius 3 is 2.31 bits per heavy atom. The highest BCUT2D eigenvalue weighted by molar-refractivity contribution is 6.31. The minimum Gasteiger partial charge on any atom is -0.490 e. The van der Waals surface area contributed by atoms with Crippen molar-refractivity contribution in [1.82, 2.24) is 5.32 Å². The van der Waals surface area contributed by atoms with Crippen molar-refractivity contribution in [3.05, 3.63) is 52.5 Å². The molecule has 194 valence electrons. The molecule has 0 saturated heterocycles. The molecule has 4 bridgehead atoms. The number of halogens is 1. The van der Waals surface area contributed by atoms with E-state index in [-0.39, 0.29) is 18.1 Å². The molecule has 36 heavy (non-hydrogen) atoms. The van der Waals surface area contributed by atoms with Crippen LogP contribution < -0.4 is 20.1 Å². The van der Waals surface area contributed by atoms with Gasteiger partial charge in [-0.3, -0.25) is 4.79 Å². The topological polar surface area (TPSA) is 59.6 Å². The lowest BCUT2D eigenvalue weighted by Gasteiger charge is -2.65. The molecule has 5 nitrogen and oxygen atoms in total. The first kappa shape index (κ1) is 25.4. The van der Waals surface area contributed by atoms with Crippen molar-refractivity contribution < 1.29 is 14.3 Å². The first-order valence-electron chi connectivity index (χ1n) is 13.3. The molecule has 4 saturated carbocycles. The lowest BCUT2D eigenvalue weighted by molar-refractivity contribution is -0.118. The van der Waals surface area contributed by atoms with Gasteiger partial charge in [0.05, 0.1) is 6.61 Å². The molecule has 2 aromatic carbocycles. The van der Waals surface area contributed by atoms with E-state index >= 15 is 0 Å². The molecule has 0 aromatic heterocycles. The predicted molar refractivity (Wildman–Crippen MR) is 145 cm³/mol. The van der Waals surface area contributed by atoms with E-state index in [0.717, 1.165) is 22.7 Å². The average Bonchev–Trinajstić information content (AvgIpc) is 2.77. The number of aryl methyl sites for hydroxylation is 1. The number of rotatable bonds is 9. The first-order valence-corrected chi connectivity index (χ1v) is 13.7. The van der Waals surface area contributed by atoms with Gasteiger partial charge in [0.25, 0.3) is 5.91 Å². The van der Waals surface area contributed by atoms with Crippen LogP contribution in [0.5, 0.6) is 11.5 Å². The highest BCUT2D eigenvalue weighted by atomic mass is 35.5. The van der Waals surface area contributed by atoms with Gasteiger partial charge in [-0.25, -0.2) is 0 Å². The van der Waals surface area contributed by atoms with Gasteiger partial charge in [0, 0.05) is 28.9 Å². The molecular weight excluding hydrogens is 472 g/mol. The lowest BCUT2D eigenvalue weighted by atomic mass is 9.43. The van der Waals surface area contributed by atoms with Gasteiger partial charge in [0.2, 0.25) is 0 Å². The molecule has 0 spiro atoms. The summed E-state index contributed by atoms with van der Waals surface area (Å²) >= 11 is 6.73. The predicted octanol–water partition coefficient (Wildman–Crippen LogP) is 6.90. The van der Waals surface area contributed by atoms with E-state index in [4.69, 9.17) is 21.1 Å². The molecule has 4 aliphatic carbocycles. The van der Waals surface area contributed by atoms with Crippen molar-refractivity contribution in [2.45, 2.75) is 78.3 Å². The van der Waals surface area contributed by atoms with Crippen LogP contribution >= 0.6 is 11.6 Å². The van der Waals surface area contributed by atoms with Gasteiger partial charge in [-0.2, -0.15) is 0 Å². The zero-order chi connectivity index (χ0) is 25.6. The summed E-state index contributed by atoms with van der Waals surface area (Å²) in [5, 5.41) is 7.45. The third-order valence-electron chi connectivity index (χ3n) is 8.39. The van der Waals surface area contributed by atoms with Crippen LogP contribution in [0.15, 0.2) is 36.4 Å². The zero-order valence-electron chi connectivity index (χ0n) is 22.0. The van der Waals surface area contributed by atoms with Crippen molar-refractivity contribution in [2.24, 2.45) is 16.7 Å². The number of carbonyl (C=O) groups is 1. The maximum absolute atomic E-state index is 12.4. The Bertz CT molecular complexity index is 1110. The highest BCUT2D eigenvalue weighted by Crippen LogP contribution is 2.66. The fourth-order valence-corrected chi connectivity index (χ4v) is 8.22. The fourth-order valence-electron chi connectivity index (χ4n) is 8.00. The maximum Gasteiger partial charge on any atom is 0.262 e. The van der Waals surface area contributed by atoms with Gasteiger partial charge >= 0.3 is 0 Å². The molecule has 0 heterocycles. The Hall–Kier alpha value is -2.24. The Balaban J connectivity index is 1.25. The summed E-state index contributed by atoms with van der Waals surface area (Å²) in [6.45, 7) is 10.0. The summed E-state index contributed by atoms with van der Waals surface area (Å²) in [7, 11) is 0.